The van der Waals surface area contributed by atoms with E-state index in [4.69, 9.17) is 0 Å². The predicted molar refractivity (Wildman–Crippen MR) is 221 cm³/mol. The Morgan fingerprint density at radius 2 is 1.10 bits per heavy atom. The fourth-order valence-corrected chi connectivity index (χ4v) is 7.54. The number of aliphatic hydroxyl groups excluding tert-OH is 2. The van der Waals surface area contributed by atoms with Crippen molar-refractivity contribution in [1.29, 1.82) is 0 Å². The molecular formula is C45H44N4O9S. The number of aliphatic hydroxyl groups is 2. The lowest BCUT2D eigenvalue weighted by Crippen LogP contribution is -2.58. The molecule has 2 aliphatic heterocycles. The largest absolute Gasteiger partial charge is 0.481 e. The Labute approximate surface area is 344 Å². The number of Topliss-reactive ketones (excluding diaryl/α,β-unsaturated/α-hetero) is 1. The molecule has 304 valence electrons. The summed E-state index contributed by atoms with van der Waals surface area (Å²) >= 11 is 1.30. The number of thiophene rings is 1. The summed E-state index contributed by atoms with van der Waals surface area (Å²) in [6.45, 7) is 0. The van der Waals surface area contributed by atoms with Crippen LogP contribution in [0.5, 0.6) is 0 Å². The van der Waals surface area contributed by atoms with Gasteiger partial charge in [-0.3, -0.25) is 28.8 Å². The van der Waals surface area contributed by atoms with Gasteiger partial charge in [-0.1, -0.05) is 103 Å². The van der Waals surface area contributed by atoms with Gasteiger partial charge in [0.1, 0.15) is 12.1 Å². The number of fused-ring (bicyclic) bond motifs is 18. The van der Waals surface area contributed by atoms with Crippen molar-refractivity contribution in [2.24, 2.45) is 5.92 Å². The van der Waals surface area contributed by atoms with Crippen LogP contribution in [0.4, 0.5) is 5.69 Å². The molecule has 0 aliphatic carbocycles. The molecule has 7 rings (SSSR count). The summed E-state index contributed by atoms with van der Waals surface area (Å²) in [6, 6.07) is 31.5. The third-order valence-electron chi connectivity index (χ3n) is 10.1. The summed E-state index contributed by atoms with van der Waals surface area (Å²) in [7, 11) is 0. The third kappa shape index (κ3) is 11.6. The van der Waals surface area contributed by atoms with Gasteiger partial charge in [0.25, 0.3) is 11.8 Å². The van der Waals surface area contributed by atoms with Crippen molar-refractivity contribution in [1.82, 2.24) is 16.0 Å². The summed E-state index contributed by atoms with van der Waals surface area (Å²) in [4.78, 5) is 82.2. The van der Waals surface area contributed by atoms with Crippen LogP contribution >= 0.6 is 11.3 Å². The second-order valence-electron chi connectivity index (χ2n) is 14.4. The molecular weight excluding hydrogens is 773 g/mol. The summed E-state index contributed by atoms with van der Waals surface area (Å²) in [6.07, 6.45) is -5.10. The zero-order chi connectivity index (χ0) is 41.9. The van der Waals surface area contributed by atoms with Gasteiger partial charge >= 0.3 is 5.97 Å². The average Bonchev–Trinajstić information content (AvgIpc) is 3.76. The number of aliphatic carboxylic acids is 1. The molecule has 7 N–H and O–H groups in total. The number of hydrogen-bond donors (Lipinski definition) is 7. The minimum atomic E-state index is -2.29. The fraction of sp³-hybridized carbons (Fsp3) is 0.244. The lowest BCUT2D eigenvalue weighted by molar-refractivity contribution is -0.145. The van der Waals surface area contributed by atoms with Gasteiger partial charge in [0.05, 0.1) is 12.0 Å². The molecule has 6 atom stereocenters. The molecule has 2 bridgehead atoms. The highest BCUT2D eigenvalue weighted by molar-refractivity contribution is 7.09. The van der Waals surface area contributed by atoms with Gasteiger partial charge in [-0.05, 0) is 64.2 Å². The van der Waals surface area contributed by atoms with E-state index in [1.165, 1.54) is 23.5 Å². The van der Waals surface area contributed by atoms with Crippen LogP contribution in [-0.2, 0) is 54.5 Å². The van der Waals surface area contributed by atoms with E-state index in [1.54, 1.807) is 60.0 Å². The Bertz CT molecular complexity index is 2230. The first kappa shape index (κ1) is 42.1. The second kappa shape index (κ2) is 19.8. The minimum Gasteiger partial charge on any atom is -0.481 e. The molecule has 2 aliphatic rings. The number of nitrogens with one attached hydrogen (secondary N) is 4. The number of carbonyl (C=O) groups excluding carboxylic acids is 5. The molecule has 59 heavy (non-hydrogen) atoms. The molecule has 0 spiro atoms. The molecule has 14 heteroatoms. The van der Waals surface area contributed by atoms with Gasteiger partial charge in [0.2, 0.25) is 11.8 Å². The van der Waals surface area contributed by atoms with Crippen LogP contribution in [0, 0.1) is 5.92 Å². The van der Waals surface area contributed by atoms with Crippen LogP contribution in [-0.4, -0.2) is 81.0 Å². The fourth-order valence-electron chi connectivity index (χ4n) is 6.79. The first-order valence-corrected chi connectivity index (χ1v) is 19.9. The van der Waals surface area contributed by atoms with Crippen LogP contribution in [0.15, 0.2) is 127 Å². The highest BCUT2D eigenvalue weighted by atomic mass is 32.1. The van der Waals surface area contributed by atoms with Crippen LogP contribution in [0.25, 0.3) is 11.1 Å². The summed E-state index contributed by atoms with van der Waals surface area (Å²) in [5.41, 5.74) is 3.95. The van der Waals surface area contributed by atoms with E-state index in [9.17, 15) is 44.1 Å². The SMILES string of the molecule is O=C(O)[C@@H]1CC(=O)[C@H](Cc2ccccc2)NC(=O)[C@H](Cc2ccc(-c3ccccc3)cc2)NC(=O)[C@H](Cc2cccs2)NC(=O)[C@H](O)[C@@H](O)C(=O)Nc2ccc(cc2)C1. The quantitative estimate of drug-likeness (QED) is 0.114. The summed E-state index contributed by atoms with van der Waals surface area (Å²) < 4.78 is 0. The number of benzene rings is 4. The van der Waals surface area contributed by atoms with Crippen molar-refractivity contribution in [2.45, 2.75) is 62.4 Å². The number of amides is 4. The van der Waals surface area contributed by atoms with Crippen molar-refractivity contribution in [3.05, 3.63) is 148 Å². The van der Waals surface area contributed by atoms with Crippen LogP contribution < -0.4 is 21.3 Å². The van der Waals surface area contributed by atoms with Gasteiger partial charge < -0.3 is 36.6 Å². The molecule has 4 aromatic carbocycles. The maximum atomic E-state index is 14.4. The number of carboxylic acids is 1. The minimum absolute atomic E-state index is 0.0376. The van der Waals surface area contributed by atoms with E-state index >= 15 is 0 Å². The van der Waals surface area contributed by atoms with E-state index in [0.717, 1.165) is 11.1 Å². The first-order chi connectivity index (χ1) is 28.4. The molecule has 0 fully saturated rings. The molecule has 0 saturated heterocycles. The van der Waals surface area contributed by atoms with E-state index in [-0.39, 0.29) is 31.4 Å². The normalized spacial score (nSPS) is 22.3. The topological polar surface area (TPSA) is 211 Å². The molecule has 4 amide bonds. The Morgan fingerprint density at radius 1 is 0.559 bits per heavy atom. The van der Waals surface area contributed by atoms with E-state index in [1.807, 2.05) is 54.6 Å². The number of anilines is 1. The number of ketones is 1. The number of carbonyl (C=O) groups is 6. The molecule has 0 radical (unpaired) electrons. The van der Waals surface area contributed by atoms with Crippen molar-refractivity contribution in [3.63, 3.8) is 0 Å². The van der Waals surface area contributed by atoms with Gasteiger partial charge in [0.15, 0.2) is 18.0 Å². The van der Waals surface area contributed by atoms with Gasteiger partial charge in [-0.25, -0.2) is 0 Å². The molecule has 0 unspecified atom stereocenters. The number of hydrogen-bond acceptors (Lipinski definition) is 9. The van der Waals surface area contributed by atoms with Crippen molar-refractivity contribution in [3.8, 4) is 11.1 Å². The Kier molecular flexibility index (Phi) is 14.1. The average molecular weight is 817 g/mol. The lowest BCUT2D eigenvalue weighted by Gasteiger charge is -2.26. The maximum absolute atomic E-state index is 14.4. The molecule has 1 aromatic heterocycles. The monoisotopic (exact) mass is 816 g/mol. The number of rotatable bonds is 8. The first-order valence-electron chi connectivity index (χ1n) is 19.1. The van der Waals surface area contributed by atoms with Crippen molar-refractivity contribution >= 4 is 52.4 Å². The number of carboxylic acid groups (broad SMARTS) is 1. The smallest absolute Gasteiger partial charge is 0.307 e. The third-order valence-corrected chi connectivity index (χ3v) is 11.0. The van der Waals surface area contributed by atoms with Gasteiger partial charge in [-0.2, -0.15) is 0 Å². The van der Waals surface area contributed by atoms with Crippen LogP contribution in [0.1, 0.15) is 28.0 Å². The molecule has 3 heterocycles. The molecule has 13 nitrogen and oxygen atoms in total. The van der Waals surface area contributed by atoms with Gasteiger partial charge in [0, 0.05) is 29.8 Å². The Morgan fingerprint density at radius 3 is 1.73 bits per heavy atom. The zero-order valence-corrected chi connectivity index (χ0v) is 32.6. The lowest BCUT2D eigenvalue weighted by atomic mass is 9.90. The summed E-state index contributed by atoms with van der Waals surface area (Å²) in [5.74, 6) is -6.82. The van der Waals surface area contributed by atoms with Crippen LogP contribution in [0.2, 0.25) is 0 Å². The van der Waals surface area contributed by atoms with Crippen molar-refractivity contribution < 1.29 is 44.1 Å². The molecule has 5 aromatic rings. The Balaban J connectivity index is 1.37. The van der Waals surface area contributed by atoms with Crippen LogP contribution in [0.3, 0.4) is 0 Å². The predicted octanol–water partition coefficient (Wildman–Crippen LogP) is 3.47. The maximum Gasteiger partial charge on any atom is 0.307 e. The summed E-state index contributed by atoms with van der Waals surface area (Å²) in [5, 5.41) is 43.9. The Hall–Kier alpha value is -6.48. The van der Waals surface area contributed by atoms with Gasteiger partial charge in [-0.15, -0.1) is 11.3 Å². The van der Waals surface area contributed by atoms with E-state index < -0.39 is 78.1 Å². The van der Waals surface area contributed by atoms with Crippen molar-refractivity contribution in [2.75, 3.05) is 5.32 Å². The standard InChI is InChI=1S/C45H44N4O9S/c50-38-25-32(45(57)58)22-28-15-19-33(20-16-28)46-43(55)39(51)40(52)44(56)49-37(26-34-12-7-21-59-34)42(54)48-36(41(53)47-35(38)23-27-8-3-1-4-9-27)24-29-13-17-31(18-14-29)30-10-5-2-6-11-30/h1-21,32,35-37,39-40,51-52H,22-26H2,(H,46,55)(H,47,53)(H,48,54)(H,49,56)(H,57,58)/t32-,35-,36-,37-,39+,40+/m0/s1. The van der Waals surface area contributed by atoms with E-state index in [2.05, 4.69) is 21.3 Å². The van der Waals surface area contributed by atoms with E-state index in [0.29, 0.717) is 21.6 Å². The highest BCUT2D eigenvalue weighted by Gasteiger charge is 2.36. The molecule has 0 saturated carbocycles. The highest BCUT2D eigenvalue weighted by Crippen LogP contribution is 2.22. The second-order valence-corrected chi connectivity index (χ2v) is 15.4. The zero-order valence-electron chi connectivity index (χ0n) is 31.8.